The zero-order valence-corrected chi connectivity index (χ0v) is 14.7. The number of benzene rings is 2. The van der Waals surface area contributed by atoms with Crippen molar-refractivity contribution in [1.29, 1.82) is 0 Å². The molecule has 2 amide bonds. The third kappa shape index (κ3) is 4.56. The molecule has 0 aliphatic rings. The minimum atomic E-state index is -0.505. The van der Waals surface area contributed by atoms with Crippen molar-refractivity contribution in [2.45, 2.75) is 6.92 Å². The fourth-order valence-corrected chi connectivity index (χ4v) is 2.40. The molecule has 2 aromatic rings. The molecule has 8 heteroatoms. The van der Waals surface area contributed by atoms with Crippen LogP contribution in [0.25, 0.3) is 0 Å². The number of likely N-dealkylation sites (N-methyl/N-ethyl adjacent to an activating group) is 1. The summed E-state index contributed by atoms with van der Waals surface area (Å²) in [6, 6.07) is 11.0. The Labute approximate surface area is 150 Å². The smallest absolute Gasteiger partial charge is 0.272 e. The molecule has 0 heterocycles. The highest BCUT2D eigenvalue weighted by atomic mass is 16.6. The van der Waals surface area contributed by atoms with Crippen LogP contribution in [0.3, 0.4) is 0 Å². The number of anilines is 1. The molecule has 0 atom stereocenters. The summed E-state index contributed by atoms with van der Waals surface area (Å²) in [5.74, 6) is -0.162. The maximum atomic E-state index is 12.4. The second-order valence-corrected chi connectivity index (χ2v) is 5.70. The Morgan fingerprint density at radius 1 is 1.23 bits per heavy atom. The average molecular weight is 357 g/mol. The quantitative estimate of drug-likeness (QED) is 0.632. The number of nitro benzene ring substituents is 1. The third-order valence-corrected chi connectivity index (χ3v) is 3.72. The Hall–Kier alpha value is -3.42. The van der Waals surface area contributed by atoms with Gasteiger partial charge in [0, 0.05) is 36.0 Å². The molecule has 0 radical (unpaired) electrons. The minimum Gasteiger partial charge on any atom is -0.497 e. The van der Waals surface area contributed by atoms with Crippen LogP contribution in [0, 0.1) is 17.0 Å². The first-order chi connectivity index (χ1) is 12.3. The highest BCUT2D eigenvalue weighted by Gasteiger charge is 2.18. The van der Waals surface area contributed by atoms with Crippen LogP contribution in [0.1, 0.15) is 15.9 Å². The van der Waals surface area contributed by atoms with E-state index in [0.29, 0.717) is 17.0 Å². The van der Waals surface area contributed by atoms with Gasteiger partial charge in [0.15, 0.2) is 0 Å². The largest absolute Gasteiger partial charge is 0.497 e. The molecule has 2 rings (SSSR count). The summed E-state index contributed by atoms with van der Waals surface area (Å²) in [4.78, 5) is 36.1. The maximum absolute atomic E-state index is 12.4. The zero-order chi connectivity index (χ0) is 19.3. The number of nitrogens with zero attached hydrogens (tertiary/aromatic N) is 2. The lowest BCUT2D eigenvalue weighted by Gasteiger charge is -2.17. The Kier molecular flexibility index (Phi) is 5.90. The number of rotatable bonds is 6. The Bertz CT molecular complexity index is 850. The normalized spacial score (nSPS) is 10.1. The van der Waals surface area contributed by atoms with Crippen molar-refractivity contribution < 1.29 is 19.2 Å². The van der Waals surface area contributed by atoms with Crippen molar-refractivity contribution in [2.75, 3.05) is 26.0 Å². The fraction of sp³-hybridized carbons (Fsp3) is 0.222. The number of carbonyl (C=O) groups is 2. The molecule has 0 fully saturated rings. The second kappa shape index (κ2) is 8.11. The Morgan fingerprint density at radius 3 is 2.58 bits per heavy atom. The van der Waals surface area contributed by atoms with Crippen molar-refractivity contribution >= 4 is 23.2 Å². The maximum Gasteiger partial charge on any atom is 0.272 e. The predicted octanol–water partition coefficient (Wildman–Crippen LogP) is 2.62. The van der Waals surface area contributed by atoms with Gasteiger partial charge in [0.1, 0.15) is 5.75 Å². The predicted molar refractivity (Wildman–Crippen MR) is 96.4 cm³/mol. The summed E-state index contributed by atoms with van der Waals surface area (Å²) in [5, 5.41) is 13.5. The molecule has 0 bridgehead atoms. The molecule has 0 aromatic heterocycles. The van der Waals surface area contributed by atoms with Gasteiger partial charge in [-0.15, -0.1) is 0 Å². The molecule has 1 N–H and O–H groups in total. The van der Waals surface area contributed by atoms with Gasteiger partial charge in [-0.2, -0.15) is 0 Å². The molecule has 136 valence electrons. The van der Waals surface area contributed by atoms with Gasteiger partial charge in [0.05, 0.1) is 18.6 Å². The number of aryl methyl sites for hydroxylation is 1. The second-order valence-electron chi connectivity index (χ2n) is 5.70. The van der Waals surface area contributed by atoms with Crippen LogP contribution in [0.5, 0.6) is 5.75 Å². The van der Waals surface area contributed by atoms with Crippen molar-refractivity contribution in [3.8, 4) is 5.75 Å². The number of carbonyl (C=O) groups excluding carboxylic acids is 2. The number of nitro groups is 1. The lowest BCUT2D eigenvalue weighted by molar-refractivity contribution is -0.385. The molecule has 0 spiro atoms. The first kappa shape index (κ1) is 18.9. The van der Waals surface area contributed by atoms with E-state index in [1.54, 1.807) is 31.2 Å². The van der Waals surface area contributed by atoms with Gasteiger partial charge < -0.3 is 15.0 Å². The molecule has 26 heavy (non-hydrogen) atoms. The van der Waals surface area contributed by atoms with E-state index >= 15 is 0 Å². The van der Waals surface area contributed by atoms with Gasteiger partial charge in [0.25, 0.3) is 11.6 Å². The zero-order valence-electron chi connectivity index (χ0n) is 14.7. The summed E-state index contributed by atoms with van der Waals surface area (Å²) in [6.07, 6.45) is 0. The van der Waals surface area contributed by atoms with E-state index in [9.17, 15) is 19.7 Å². The lowest BCUT2D eigenvalue weighted by Crippen LogP contribution is -2.35. The highest BCUT2D eigenvalue weighted by molar-refractivity contribution is 5.99. The van der Waals surface area contributed by atoms with Gasteiger partial charge in [0.2, 0.25) is 5.91 Å². The SMILES string of the molecule is COc1cccc(NC(=O)CN(C)C(=O)c2ccc([N+](=O)[O-])c(C)c2)c1. The minimum absolute atomic E-state index is 0.0556. The lowest BCUT2D eigenvalue weighted by atomic mass is 10.1. The Morgan fingerprint density at radius 2 is 1.96 bits per heavy atom. The standard InChI is InChI=1S/C18H19N3O5/c1-12-9-13(7-8-16(12)21(24)25)18(23)20(2)11-17(22)19-14-5-4-6-15(10-14)26-3/h4-10H,11H2,1-3H3,(H,19,22). The van der Waals surface area contributed by atoms with Crippen molar-refractivity contribution in [1.82, 2.24) is 4.90 Å². The Balaban J connectivity index is 2.03. The van der Waals surface area contributed by atoms with Crippen LogP contribution < -0.4 is 10.1 Å². The van der Waals surface area contributed by atoms with Gasteiger partial charge in [-0.25, -0.2) is 0 Å². The average Bonchev–Trinajstić information content (AvgIpc) is 2.60. The van der Waals surface area contributed by atoms with Crippen LogP contribution in [-0.4, -0.2) is 42.3 Å². The van der Waals surface area contributed by atoms with Gasteiger partial charge >= 0.3 is 0 Å². The first-order valence-corrected chi connectivity index (χ1v) is 7.76. The summed E-state index contributed by atoms with van der Waals surface area (Å²) < 4.78 is 5.09. The fourth-order valence-electron chi connectivity index (χ4n) is 2.40. The van der Waals surface area contributed by atoms with Crippen LogP contribution in [0.15, 0.2) is 42.5 Å². The monoisotopic (exact) mass is 357 g/mol. The number of nitrogens with one attached hydrogen (secondary N) is 1. The third-order valence-electron chi connectivity index (χ3n) is 3.72. The van der Waals surface area contributed by atoms with Crippen LogP contribution in [0.2, 0.25) is 0 Å². The van der Waals surface area contributed by atoms with E-state index in [4.69, 9.17) is 4.74 Å². The molecule has 8 nitrogen and oxygen atoms in total. The van der Waals surface area contributed by atoms with E-state index in [1.165, 1.54) is 37.3 Å². The molecule has 0 saturated heterocycles. The number of amides is 2. The molecule has 2 aromatic carbocycles. The van der Waals surface area contributed by atoms with E-state index in [0.717, 1.165) is 0 Å². The molecule has 0 saturated carbocycles. The van der Waals surface area contributed by atoms with Crippen molar-refractivity contribution in [3.63, 3.8) is 0 Å². The highest BCUT2D eigenvalue weighted by Crippen LogP contribution is 2.20. The molecular formula is C18H19N3O5. The van der Waals surface area contributed by atoms with E-state index < -0.39 is 10.8 Å². The number of ether oxygens (including phenoxy) is 1. The van der Waals surface area contributed by atoms with Crippen molar-refractivity contribution in [2.24, 2.45) is 0 Å². The summed E-state index contributed by atoms with van der Waals surface area (Å²) in [5.41, 5.74) is 1.17. The first-order valence-electron chi connectivity index (χ1n) is 7.76. The molecular weight excluding hydrogens is 338 g/mol. The topological polar surface area (TPSA) is 102 Å². The van der Waals surface area contributed by atoms with E-state index in [1.807, 2.05) is 0 Å². The van der Waals surface area contributed by atoms with Gasteiger partial charge in [-0.3, -0.25) is 19.7 Å². The summed E-state index contributed by atoms with van der Waals surface area (Å²) in [6.45, 7) is 1.40. The molecule has 0 aliphatic carbocycles. The van der Waals surface area contributed by atoms with Crippen LogP contribution >= 0.6 is 0 Å². The molecule has 0 aliphatic heterocycles. The van der Waals surface area contributed by atoms with E-state index in [2.05, 4.69) is 5.32 Å². The number of hydrogen-bond donors (Lipinski definition) is 1. The number of methoxy groups -OCH3 is 1. The van der Waals surface area contributed by atoms with Crippen molar-refractivity contribution in [3.05, 3.63) is 63.7 Å². The molecule has 0 unspecified atom stereocenters. The van der Waals surface area contributed by atoms with Gasteiger partial charge in [-0.05, 0) is 31.2 Å². The van der Waals surface area contributed by atoms with Crippen LogP contribution in [0.4, 0.5) is 11.4 Å². The van der Waals surface area contributed by atoms with Crippen LogP contribution in [-0.2, 0) is 4.79 Å². The number of hydrogen-bond acceptors (Lipinski definition) is 5. The summed E-state index contributed by atoms with van der Waals surface area (Å²) in [7, 11) is 3.02. The summed E-state index contributed by atoms with van der Waals surface area (Å²) >= 11 is 0. The van der Waals surface area contributed by atoms with E-state index in [-0.39, 0.29) is 23.7 Å². The van der Waals surface area contributed by atoms with Gasteiger partial charge in [-0.1, -0.05) is 6.07 Å².